The van der Waals surface area contributed by atoms with Gasteiger partial charge in [0.05, 0.1) is 0 Å². The van der Waals surface area contributed by atoms with Crippen molar-refractivity contribution in [3.05, 3.63) is 71.0 Å². The van der Waals surface area contributed by atoms with Crippen LogP contribution in [-0.2, 0) is 16.1 Å². The molecule has 1 fully saturated rings. The molecule has 0 spiro atoms. The van der Waals surface area contributed by atoms with Gasteiger partial charge in [-0.05, 0) is 42.5 Å². The van der Waals surface area contributed by atoms with Gasteiger partial charge in [-0.25, -0.2) is 4.39 Å². The van der Waals surface area contributed by atoms with Gasteiger partial charge in [-0.2, -0.15) is 0 Å². The molecule has 2 amide bonds. The summed E-state index contributed by atoms with van der Waals surface area (Å²) >= 11 is 0. The summed E-state index contributed by atoms with van der Waals surface area (Å²) in [5.74, 6) is -0.582. The second-order valence-corrected chi connectivity index (χ2v) is 7.29. The molecule has 3 rings (SSSR count). The molecule has 0 saturated carbocycles. The first-order valence-electron chi connectivity index (χ1n) is 9.57. The van der Waals surface area contributed by atoms with Crippen molar-refractivity contribution in [2.75, 3.05) is 13.1 Å². The van der Waals surface area contributed by atoms with Crippen LogP contribution >= 0.6 is 0 Å². The van der Waals surface area contributed by atoms with E-state index in [2.05, 4.69) is 5.32 Å². The normalized spacial score (nSPS) is 15.9. The summed E-state index contributed by atoms with van der Waals surface area (Å²) in [5.41, 5.74) is 8.21. The van der Waals surface area contributed by atoms with Crippen LogP contribution in [0.3, 0.4) is 0 Å². The number of amides is 2. The maximum absolute atomic E-state index is 13.6. The van der Waals surface area contributed by atoms with Gasteiger partial charge in [-0.15, -0.1) is 0 Å². The summed E-state index contributed by atoms with van der Waals surface area (Å²) in [5, 5.41) is 2.87. The Bertz CT molecular complexity index is 833. The highest BCUT2D eigenvalue weighted by Crippen LogP contribution is 2.21. The molecule has 28 heavy (non-hydrogen) atoms. The molecule has 0 aliphatic carbocycles. The van der Waals surface area contributed by atoms with E-state index in [0.29, 0.717) is 38.0 Å². The molecular weight excluding hydrogens is 357 g/mol. The molecule has 1 saturated heterocycles. The molecule has 1 aliphatic rings. The maximum Gasteiger partial charge on any atom is 0.244 e. The van der Waals surface area contributed by atoms with Crippen molar-refractivity contribution in [3.8, 4) is 0 Å². The highest BCUT2D eigenvalue weighted by Gasteiger charge is 2.29. The molecule has 2 aromatic rings. The Morgan fingerprint density at radius 1 is 1.18 bits per heavy atom. The van der Waals surface area contributed by atoms with Crippen LogP contribution in [0.2, 0.25) is 0 Å². The van der Waals surface area contributed by atoms with Gasteiger partial charge in [0.1, 0.15) is 11.9 Å². The number of aryl methyl sites for hydroxylation is 1. The zero-order valence-corrected chi connectivity index (χ0v) is 16.0. The number of halogens is 1. The van der Waals surface area contributed by atoms with Crippen molar-refractivity contribution < 1.29 is 14.0 Å². The average molecular weight is 383 g/mol. The third-order valence-corrected chi connectivity index (χ3v) is 5.31. The van der Waals surface area contributed by atoms with E-state index in [4.69, 9.17) is 5.73 Å². The lowest BCUT2D eigenvalue weighted by molar-refractivity contribution is -0.136. The maximum atomic E-state index is 13.6. The Morgan fingerprint density at radius 3 is 2.50 bits per heavy atom. The zero-order chi connectivity index (χ0) is 20.1. The van der Waals surface area contributed by atoms with Gasteiger partial charge in [0.2, 0.25) is 11.8 Å². The molecule has 2 aromatic carbocycles. The van der Waals surface area contributed by atoms with Crippen molar-refractivity contribution in [1.82, 2.24) is 10.2 Å². The first-order valence-corrected chi connectivity index (χ1v) is 9.57. The van der Waals surface area contributed by atoms with E-state index in [1.54, 1.807) is 17.9 Å². The van der Waals surface area contributed by atoms with Crippen LogP contribution < -0.4 is 11.1 Å². The average Bonchev–Trinajstić information content (AvgIpc) is 2.74. The SMILES string of the molecule is Cc1ccc(CNC(=O)C2CCN(C(=O)C(N)c3ccccc3)CC2)cc1F. The van der Waals surface area contributed by atoms with Crippen LogP contribution in [0.1, 0.15) is 35.6 Å². The molecule has 1 atom stereocenters. The number of nitrogens with two attached hydrogens (primary N) is 1. The largest absolute Gasteiger partial charge is 0.352 e. The van der Waals surface area contributed by atoms with Crippen LogP contribution in [0.15, 0.2) is 48.5 Å². The molecule has 1 unspecified atom stereocenters. The molecule has 1 aliphatic heterocycles. The van der Waals surface area contributed by atoms with E-state index in [1.807, 2.05) is 36.4 Å². The summed E-state index contributed by atoms with van der Waals surface area (Å²) in [6, 6.07) is 13.6. The predicted molar refractivity (Wildman–Crippen MR) is 106 cm³/mol. The number of piperidine rings is 1. The lowest BCUT2D eigenvalue weighted by Gasteiger charge is -2.33. The quantitative estimate of drug-likeness (QED) is 0.834. The van der Waals surface area contributed by atoms with E-state index >= 15 is 0 Å². The molecule has 3 N–H and O–H groups in total. The highest BCUT2D eigenvalue weighted by molar-refractivity contribution is 5.84. The van der Waals surface area contributed by atoms with E-state index in [-0.39, 0.29) is 23.5 Å². The van der Waals surface area contributed by atoms with E-state index in [9.17, 15) is 14.0 Å². The second-order valence-electron chi connectivity index (χ2n) is 7.29. The third-order valence-electron chi connectivity index (χ3n) is 5.31. The van der Waals surface area contributed by atoms with Crippen molar-refractivity contribution in [1.29, 1.82) is 0 Å². The highest BCUT2D eigenvalue weighted by atomic mass is 19.1. The van der Waals surface area contributed by atoms with Gasteiger partial charge in [0.15, 0.2) is 0 Å². The molecule has 1 heterocycles. The first kappa shape index (κ1) is 20.0. The van der Waals surface area contributed by atoms with Gasteiger partial charge in [0.25, 0.3) is 0 Å². The van der Waals surface area contributed by atoms with E-state index in [1.165, 1.54) is 6.07 Å². The Morgan fingerprint density at radius 2 is 1.86 bits per heavy atom. The van der Waals surface area contributed by atoms with Crippen molar-refractivity contribution >= 4 is 11.8 Å². The Labute approximate surface area is 164 Å². The number of likely N-dealkylation sites (tertiary alicyclic amines) is 1. The topological polar surface area (TPSA) is 75.4 Å². The summed E-state index contributed by atoms with van der Waals surface area (Å²) in [6.45, 7) is 3.03. The van der Waals surface area contributed by atoms with Crippen LogP contribution in [0, 0.1) is 18.7 Å². The van der Waals surface area contributed by atoms with Gasteiger partial charge in [-0.3, -0.25) is 9.59 Å². The number of hydrogen-bond acceptors (Lipinski definition) is 3. The third kappa shape index (κ3) is 4.75. The minimum atomic E-state index is -0.678. The van der Waals surface area contributed by atoms with Gasteiger partial charge < -0.3 is 16.0 Å². The zero-order valence-electron chi connectivity index (χ0n) is 16.0. The number of carbonyl (C=O) groups excluding carboxylic acids is 2. The lowest BCUT2D eigenvalue weighted by Crippen LogP contribution is -2.46. The minimum absolute atomic E-state index is 0.0551. The summed E-state index contributed by atoms with van der Waals surface area (Å²) in [6.07, 6.45) is 1.20. The molecule has 0 bridgehead atoms. The smallest absolute Gasteiger partial charge is 0.244 e. The van der Waals surface area contributed by atoms with Crippen molar-refractivity contribution in [3.63, 3.8) is 0 Å². The van der Waals surface area contributed by atoms with Gasteiger partial charge in [0, 0.05) is 25.6 Å². The fourth-order valence-corrected chi connectivity index (χ4v) is 3.44. The number of benzene rings is 2. The molecule has 0 aromatic heterocycles. The first-order chi connectivity index (χ1) is 13.5. The fourth-order valence-electron chi connectivity index (χ4n) is 3.44. The van der Waals surface area contributed by atoms with Crippen molar-refractivity contribution in [2.45, 2.75) is 32.4 Å². The van der Waals surface area contributed by atoms with Gasteiger partial charge >= 0.3 is 0 Å². The fraction of sp³-hybridized carbons (Fsp3) is 0.364. The Balaban J connectivity index is 1.48. The number of nitrogens with one attached hydrogen (secondary N) is 1. The standard InChI is InChI=1S/C22H26FN3O2/c1-15-7-8-16(13-19(15)23)14-25-21(27)18-9-11-26(12-10-18)22(28)20(24)17-5-3-2-4-6-17/h2-8,13,18,20H,9-12,14,24H2,1H3,(H,25,27). The number of nitrogens with zero attached hydrogens (tertiary/aromatic N) is 1. The second kappa shape index (κ2) is 8.97. The molecular formula is C22H26FN3O2. The monoisotopic (exact) mass is 383 g/mol. The van der Waals surface area contributed by atoms with Crippen LogP contribution in [-0.4, -0.2) is 29.8 Å². The number of hydrogen-bond donors (Lipinski definition) is 2. The predicted octanol–water partition coefficient (Wildman–Crippen LogP) is 2.69. The summed E-state index contributed by atoms with van der Waals surface area (Å²) < 4.78 is 13.6. The Hall–Kier alpha value is -2.73. The van der Waals surface area contributed by atoms with E-state index < -0.39 is 6.04 Å². The van der Waals surface area contributed by atoms with Gasteiger partial charge in [-0.1, -0.05) is 42.5 Å². The van der Waals surface area contributed by atoms with Crippen molar-refractivity contribution in [2.24, 2.45) is 11.7 Å². The molecule has 6 heteroatoms. The minimum Gasteiger partial charge on any atom is -0.352 e. The summed E-state index contributed by atoms with van der Waals surface area (Å²) in [4.78, 5) is 26.8. The van der Waals surface area contributed by atoms with Crippen LogP contribution in [0.4, 0.5) is 4.39 Å². The Kier molecular flexibility index (Phi) is 6.41. The summed E-state index contributed by atoms with van der Waals surface area (Å²) in [7, 11) is 0. The number of carbonyl (C=O) groups is 2. The van der Waals surface area contributed by atoms with E-state index in [0.717, 1.165) is 11.1 Å². The van der Waals surface area contributed by atoms with Crippen LogP contribution in [0.25, 0.3) is 0 Å². The molecule has 0 radical (unpaired) electrons. The van der Waals surface area contributed by atoms with Crippen LogP contribution in [0.5, 0.6) is 0 Å². The molecule has 5 nitrogen and oxygen atoms in total. The lowest BCUT2D eigenvalue weighted by atomic mass is 9.94. The molecule has 148 valence electrons. The number of rotatable bonds is 5.